The maximum absolute atomic E-state index is 12.8. The third-order valence-corrected chi connectivity index (χ3v) is 4.65. The molecule has 1 atom stereocenters. The number of nitro groups is 1. The summed E-state index contributed by atoms with van der Waals surface area (Å²) in [4.78, 5) is 37.3. The van der Waals surface area contributed by atoms with Crippen LogP contribution in [0.4, 0.5) is 11.4 Å². The van der Waals surface area contributed by atoms with Gasteiger partial charge in [-0.25, -0.2) is 4.79 Å². The number of hydrogen-bond acceptors (Lipinski definition) is 5. The third-order valence-electron chi connectivity index (χ3n) is 4.65. The van der Waals surface area contributed by atoms with Crippen molar-refractivity contribution in [1.29, 1.82) is 0 Å². The fourth-order valence-electron chi connectivity index (χ4n) is 3.19. The lowest BCUT2D eigenvalue weighted by molar-refractivity contribution is -0.385. The van der Waals surface area contributed by atoms with Gasteiger partial charge in [-0.3, -0.25) is 14.9 Å². The molecular formula is C20H20N2O5. The molecule has 1 aliphatic heterocycles. The normalized spacial score (nSPS) is 14.2. The molecule has 1 unspecified atom stereocenters. The van der Waals surface area contributed by atoms with Crippen LogP contribution in [0.1, 0.15) is 34.8 Å². The van der Waals surface area contributed by atoms with Crippen molar-refractivity contribution in [2.45, 2.75) is 32.8 Å². The largest absolute Gasteiger partial charge is 0.449 e. The Morgan fingerprint density at radius 3 is 2.70 bits per heavy atom. The summed E-state index contributed by atoms with van der Waals surface area (Å²) in [5.74, 6) is -1.07. The molecule has 1 aliphatic rings. The van der Waals surface area contributed by atoms with Gasteiger partial charge in [-0.05, 0) is 44.4 Å². The van der Waals surface area contributed by atoms with Gasteiger partial charge in [0.1, 0.15) is 0 Å². The number of carbonyl (C=O) groups is 2. The van der Waals surface area contributed by atoms with Gasteiger partial charge in [-0.2, -0.15) is 0 Å². The van der Waals surface area contributed by atoms with Crippen LogP contribution in [0.5, 0.6) is 0 Å². The monoisotopic (exact) mass is 368 g/mol. The number of ether oxygens (including phenoxy) is 1. The second kappa shape index (κ2) is 7.57. The smallest absolute Gasteiger partial charge is 0.339 e. The molecular weight excluding hydrogens is 348 g/mol. The second-order valence-corrected chi connectivity index (χ2v) is 6.53. The molecule has 7 heteroatoms. The summed E-state index contributed by atoms with van der Waals surface area (Å²) >= 11 is 0. The van der Waals surface area contributed by atoms with Crippen LogP contribution >= 0.6 is 0 Å². The molecule has 0 aromatic heterocycles. The highest BCUT2D eigenvalue weighted by molar-refractivity contribution is 6.00. The molecule has 3 rings (SSSR count). The molecule has 1 amide bonds. The summed E-state index contributed by atoms with van der Waals surface area (Å²) < 4.78 is 5.29. The van der Waals surface area contributed by atoms with Crippen molar-refractivity contribution in [2.75, 3.05) is 11.4 Å². The Hall–Kier alpha value is -3.22. The minimum Gasteiger partial charge on any atom is -0.449 e. The molecule has 0 radical (unpaired) electrons. The van der Waals surface area contributed by atoms with Crippen molar-refractivity contribution in [1.82, 2.24) is 0 Å². The van der Waals surface area contributed by atoms with E-state index >= 15 is 0 Å². The van der Waals surface area contributed by atoms with Gasteiger partial charge in [0.25, 0.3) is 11.6 Å². The van der Waals surface area contributed by atoms with E-state index in [0.717, 1.165) is 24.1 Å². The predicted molar refractivity (Wildman–Crippen MR) is 99.8 cm³/mol. The van der Waals surface area contributed by atoms with Crippen molar-refractivity contribution in [3.63, 3.8) is 0 Å². The van der Waals surface area contributed by atoms with Gasteiger partial charge in [-0.1, -0.05) is 24.3 Å². The lowest BCUT2D eigenvalue weighted by Crippen LogP contribution is -2.42. The van der Waals surface area contributed by atoms with Gasteiger partial charge >= 0.3 is 5.97 Å². The van der Waals surface area contributed by atoms with Crippen LogP contribution in [0.2, 0.25) is 0 Å². The summed E-state index contributed by atoms with van der Waals surface area (Å²) in [7, 11) is 0. The minimum absolute atomic E-state index is 0.0472. The summed E-state index contributed by atoms with van der Waals surface area (Å²) in [5.41, 5.74) is 2.26. The van der Waals surface area contributed by atoms with Crippen molar-refractivity contribution in [3.8, 4) is 0 Å². The zero-order chi connectivity index (χ0) is 19.6. The second-order valence-electron chi connectivity index (χ2n) is 6.53. The van der Waals surface area contributed by atoms with Crippen LogP contribution in [0.25, 0.3) is 0 Å². The molecule has 0 N–H and O–H groups in total. The molecule has 0 saturated heterocycles. The van der Waals surface area contributed by atoms with Gasteiger partial charge < -0.3 is 9.64 Å². The van der Waals surface area contributed by atoms with Crippen LogP contribution in [0.15, 0.2) is 42.5 Å². The third kappa shape index (κ3) is 3.81. The van der Waals surface area contributed by atoms with E-state index in [1.807, 2.05) is 24.3 Å². The minimum atomic E-state index is -0.996. The number of nitro benzene ring substituents is 1. The van der Waals surface area contributed by atoms with E-state index in [-0.39, 0.29) is 17.2 Å². The maximum Gasteiger partial charge on any atom is 0.339 e. The maximum atomic E-state index is 12.8. The topological polar surface area (TPSA) is 89.8 Å². The average molecular weight is 368 g/mol. The highest BCUT2D eigenvalue weighted by Gasteiger charge is 2.29. The number of para-hydroxylation sites is 1. The highest BCUT2D eigenvalue weighted by atomic mass is 16.6. The zero-order valence-corrected chi connectivity index (χ0v) is 15.2. The fraction of sp³-hybridized carbons (Fsp3) is 0.300. The fourth-order valence-corrected chi connectivity index (χ4v) is 3.19. The average Bonchev–Trinajstić information content (AvgIpc) is 2.66. The molecule has 27 heavy (non-hydrogen) atoms. The van der Waals surface area contributed by atoms with Gasteiger partial charge in [0.05, 0.1) is 10.5 Å². The van der Waals surface area contributed by atoms with Gasteiger partial charge in [0.15, 0.2) is 6.10 Å². The highest BCUT2D eigenvalue weighted by Crippen LogP contribution is 2.27. The van der Waals surface area contributed by atoms with E-state index in [0.29, 0.717) is 12.1 Å². The first-order valence-electron chi connectivity index (χ1n) is 8.74. The zero-order valence-electron chi connectivity index (χ0n) is 15.2. The van der Waals surface area contributed by atoms with Crippen LogP contribution in [0.3, 0.4) is 0 Å². The number of anilines is 1. The number of amides is 1. The van der Waals surface area contributed by atoms with Gasteiger partial charge in [0.2, 0.25) is 0 Å². The van der Waals surface area contributed by atoms with Gasteiger partial charge in [0, 0.05) is 23.9 Å². The van der Waals surface area contributed by atoms with E-state index in [1.165, 1.54) is 25.1 Å². The Bertz CT molecular complexity index is 909. The van der Waals surface area contributed by atoms with E-state index in [2.05, 4.69) is 0 Å². The molecule has 2 aromatic carbocycles. The number of aryl methyl sites for hydroxylation is 2. The van der Waals surface area contributed by atoms with E-state index < -0.39 is 17.0 Å². The summed E-state index contributed by atoms with van der Waals surface area (Å²) in [6.07, 6.45) is 0.748. The molecule has 0 fully saturated rings. The van der Waals surface area contributed by atoms with Crippen LogP contribution < -0.4 is 4.90 Å². The van der Waals surface area contributed by atoms with Crippen LogP contribution in [0, 0.1) is 17.0 Å². The number of fused-ring (bicyclic) bond motifs is 1. The summed E-state index contributed by atoms with van der Waals surface area (Å²) in [6.45, 7) is 3.67. The molecule has 7 nitrogen and oxygen atoms in total. The predicted octanol–water partition coefficient (Wildman–Crippen LogP) is 3.43. The molecule has 140 valence electrons. The first-order valence-corrected chi connectivity index (χ1v) is 8.74. The van der Waals surface area contributed by atoms with Crippen molar-refractivity contribution in [2.24, 2.45) is 0 Å². The van der Waals surface area contributed by atoms with Crippen LogP contribution in [-0.4, -0.2) is 29.4 Å². The Morgan fingerprint density at radius 1 is 1.22 bits per heavy atom. The Labute approximate surface area is 156 Å². The number of nitrogens with zero attached hydrogens (tertiary/aromatic N) is 2. The first-order chi connectivity index (χ1) is 12.9. The molecule has 0 aliphatic carbocycles. The van der Waals surface area contributed by atoms with Crippen molar-refractivity contribution in [3.05, 3.63) is 69.3 Å². The number of hydrogen-bond donors (Lipinski definition) is 0. The molecule has 0 spiro atoms. The number of esters is 1. The molecule has 1 heterocycles. The number of carbonyl (C=O) groups excluding carboxylic acids is 2. The molecule has 0 saturated carbocycles. The molecule has 2 aromatic rings. The lowest BCUT2D eigenvalue weighted by atomic mass is 10.0. The van der Waals surface area contributed by atoms with E-state index in [1.54, 1.807) is 11.8 Å². The quantitative estimate of drug-likeness (QED) is 0.468. The van der Waals surface area contributed by atoms with E-state index in [9.17, 15) is 19.7 Å². The Balaban J connectivity index is 1.75. The lowest BCUT2D eigenvalue weighted by Gasteiger charge is -2.31. The number of benzene rings is 2. The van der Waals surface area contributed by atoms with Gasteiger partial charge in [-0.15, -0.1) is 0 Å². The SMILES string of the molecule is Cc1ccc(C(=O)OC(C)C(=O)N2CCCc3ccccc32)cc1[N+](=O)[O-]. The first kappa shape index (κ1) is 18.6. The van der Waals surface area contributed by atoms with Crippen molar-refractivity contribution >= 4 is 23.3 Å². The Morgan fingerprint density at radius 2 is 1.96 bits per heavy atom. The van der Waals surface area contributed by atoms with Crippen LogP contribution in [-0.2, 0) is 16.0 Å². The van der Waals surface area contributed by atoms with E-state index in [4.69, 9.17) is 4.74 Å². The molecule has 0 bridgehead atoms. The Kier molecular flexibility index (Phi) is 5.21. The summed E-state index contributed by atoms with van der Waals surface area (Å²) in [5, 5.41) is 11.0. The standard InChI is InChI=1S/C20H20N2O5/c1-13-9-10-16(12-18(13)22(25)26)20(24)27-14(2)19(23)21-11-5-7-15-6-3-4-8-17(15)21/h3-4,6,8-10,12,14H,5,7,11H2,1-2H3. The van der Waals surface area contributed by atoms with Crippen molar-refractivity contribution < 1.29 is 19.2 Å². The number of rotatable bonds is 4. The summed E-state index contributed by atoms with van der Waals surface area (Å²) in [6, 6.07) is 11.8.